The van der Waals surface area contributed by atoms with Crippen molar-refractivity contribution in [1.82, 2.24) is 0 Å². The van der Waals surface area contributed by atoms with E-state index in [1.54, 1.807) is 0 Å². The van der Waals surface area contributed by atoms with Crippen LogP contribution in [0.25, 0.3) is 0 Å². The third-order valence-corrected chi connectivity index (χ3v) is 2.19. The molecule has 1 unspecified atom stereocenters. The first-order valence-corrected chi connectivity index (χ1v) is 4.07. The number of hydrogen-bond acceptors (Lipinski definition) is 1. The van der Waals surface area contributed by atoms with Crippen molar-refractivity contribution < 1.29 is 5.11 Å². The first-order valence-electron chi connectivity index (χ1n) is 4.07. The number of rotatable bonds is 1. The zero-order valence-electron chi connectivity index (χ0n) is 7.46. The van der Waals surface area contributed by atoms with Crippen LogP contribution < -0.4 is 0 Å². The second-order valence-corrected chi connectivity index (χ2v) is 3.80. The van der Waals surface area contributed by atoms with Gasteiger partial charge in [-0.05, 0) is 27.2 Å². The molecule has 0 saturated heterocycles. The molecule has 1 N–H and O–H groups in total. The molecule has 0 heterocycles. The molecule has 11 heavy (non-hydrogen) atoms. The van der Waals surface area contributed by atoms with E-state index in [9.17, 15) is 5.11 Å². The Morgan fingerprint density at radius 3 is 2.55 bits per heavy atom. The van der Waals surface area contributed by atoms with Gasteiger partial charge in [-0.25, -0.2) is 0 Å². The van der Waals surface area contributed by atoms with Crippen molar-refractivity contribution in [2.75, 3.05) is 0 Å². The fourth-order valence-corrected chi connectivity index (χ4v) is 1.25. The maximum Gasteiger partial charge on any atom is 0.0657 e. The molecule has 1 aliphatic rings. The molecule has 1 rings (SSSR count). The summed E-state index contributed by atoms with van der Waals surface area (Å²) in [6.07, 6.45) is 7.30. The Morgan fingerprint density at radius 2 is 2.18 bits per heavy atom. The smallest absolute Gasteiger partial charge is 0.0657 e. The van der Waals surface area contributed by atoms with Gasteiger partial charge in [0.05, 0.1) is 5.60 Å². The predicted molar refractivity (Wildman–Crippen MR) is 47.3 cm³/mol. The van der Waals surface area contributed by atoms with Gasteiger partial charge in [0.2, 0.25) is 0 Å². The third-order valence-electron chi connectivity index (χ3n) is 2.19. The molecule has 0 aromatic carbocycles. The normalized spacial score (nSPS) is 25.1. The highest BCUT2D eigenvalue weighted by molar-refractivity contribution is 5.22. The lowest BCUT2D eigenvalue weighted by Crippen LogP contribution is -2.29. The Bertz CT molecular complexity index is 193. The highest BCUT2D eigenvalue weighted by Crippen LogP contribution is 2.26. The monoisotopic (exact) mass is 152 g/mol. The van der Waals surface area contributed by atoms with Crippen molar-refractivity contribution in [3.8, 4) is 0 Å². The van der Waals surface area contributed by atoms with Crippen LogP contribution in [0.3, 0.4) is 0 Å². The molecule has 0 aromatic rings. The number of allylic oxidation sites excluding steroid dienone is 3. The first kappa shape index (κ1) is 8.54. The Kier molecular flexibility index (Phi) is 2.19. The standard InChI is InChI=1S/C10H16O/c1-8-4-6-9(7-5-8)10(2,3)11/h4-6,9,11H,7H2,1-3H3. The molecule has 1 aliphatic carbocycles. The fraction of sp³-hybridized carbons (Fsp3) is 0.600. The van der Waals surface area contributed by atoms with Crippen LogP contribution >= 0.6 is 0 Å². The Balaban J connectivity index is 2.63. The highest BCUT2D eigenvalue weighted by atomic mass is 16.3. The largest absolute Gasteiger partial charge is 0.390 e. The van der Waals surface area contributed by atoms with Gasteiger partial charge in [-0.1, -0.05) is 23.8 Å². The quantitative estimate of drug-likeness (QED) is 0.611. The second kappa shape index (κ2) is 2.82. The molecule has 0 aliphatic heterocycles. The topological polar surface area (TPSA) is 20.2 Å². The van der Waals surface area contributed by atoms with Gasteiger partial charge in [0.25, 0.3) is 0 Å². The molecule has 0 amide bonds. The summed E-state index contributed by atoms with van der Waals surface area (Å²) in [7, 11) is 0. The summed E-state index contributed by atoms with van der Waals surface area (Å²) in [4.78, 5) is 0. The van der Waals surface area contributed by atoms with Crippen LogP contribution in [0, 0.1) is 5.92 Å². The molecular formula is C10H16O. The Morgan fingerprint density at radius 1 is 1.55 bits per heavy atom. The van der Waals surface area contributed by atoms with E-state index < -0.39 is 5.60 Å². The minimum atomic E-state index is -0.576. The maximum absolute atomic E-state index is 9.65. The lowest BCUT2D eigenvalue weighted by Gasteiger charge is -2.27. The molecule has 1 nitrogen and oxygen atoms in total. The van der Waals surface area contributed by atoms with Crippen molar-refractivity contribution >= 4 is 0 Å². The number of hydrogen-bond donors (Lipinski definition) is 1. The third kappa shape index (κ3) is 2.19. The van der Waals surface area contributed by atoms with Gasteiger partial charge >= 0.3 is 0 Å². The van der Waals surface area contributed by atoms with Crippen LogP contribution in [0.4, 0.5) is 0 Å². The SMILES string of the molecule is CC1=CCC(C(C)(C)O)C=C1. The van der Waals surface area contributed by atoms with Gasteiger partial charge in [-0.3, -0.25) is 0 Å². The molecule has 0 radical (unpaired) electrons. The van der Waals surface area contributed by atoms with Crippen LogP contribution in [-0.4, -0.2) is 10.7 Å². The molecular weight excluding hydrogens is 136 g/mol. The molecule has 0 aromatic heterocycles. The van der Waals surface area contributed by atoms with Gasteiger partial charge in [0.1, 0.15) is 0 Å². The zero-order chi connectivity index (χ0) is 8.48. The first-order chi connectivity index (χ1) is 5.00. The van der Waals surface area contributed by atoms with Gasteiger partial charge in [-0.15, -0.1) is 0 Å². The van der Waals surface area contributed by atoms with E-state index in [0.29, 0.717) is 0 Å². The summed E-state index contributed by atoms with van der Waals surface area (Å²) in [5.41, 5.74) is 0.721. The van der Waals surface area contributed by atoms with Gasteiger partial charge < -0.3 is 5.11 Å². The maximum atomic E-state index is 9.65. The lowest BCUT2D eigenvalue weighted by molar-refractivity contribution is 0.0376. The molecule has 1 atom stereocenters. The van der Waals surface area contributed by atoms with E-state index in [2.05, 4.69) is 25.2 Å². The summed E-state index contributed by atoms with van der Waals surface area (Å²) in [5.74, 6) is 0.284. The highest BCUT2D eigenvalue weighted by Gasteiger charge is 2.24. The second-order valence-electron chi connectivity index (χ2n) is 3.80. The molecule has 1 heteroatoms. The van der Waals surface area contributed by atoms with Crippen molar-refractivity contribution in [3.63, 3.8) is 0 Å². The average molecular weight is 152 g/mol. The minimum absolute atomic E-state index is 0.284. The average Bonchev–Trinajstić information content (AvgIpc) is 1.86. The number of aliphatic hydroxyl groups is 1. The lowest BCUT2D eigenvalue weighted by atomic mass is 9.84. The summed E-state index contributed by atoms with van der Waals surface area (Å²) in [6, 6.07) is 0. The summed E-state index contributed by atoms with van der Waals surface area (Å²) >= 11 is 0. The molecule has 62 valence electrons. The van der Waals surface area contributed by atoms with Gasteiger partial charge in [-0.2, -0.15) is 0 Å². The summed E-state index contributed by atoms with van der Waals surface area (Å²) < 4.78 is 0. The molecule has 0 spiro atoms. The van der Waals surface area contributed by atoms with E-state index in [0.717, 1.165) is 6.42 Å². The van der Waals surface area contributed by atoms with Crippen LogP contribution in [0.5, 0.6) is 0 Å². The van der Waals surface area contributed by atoms with E-state index in [1.165, 1.54) is 5.57 Å². The van der Waals surface area contributed by atoms with Crippen LogP contribution in [0.1, 0.15) is 27.2 Å². The molecule has 0 saturated carbocycles. The van der Waals surface area contributed by atoms with Gasteiger partial charge in [0.15, 0.2) is 0 Å². The zero-order valence-corrected chi connectivity index (χ0v) is 7.46. The van der Waals surface area contributed by atoms with E-state index in [-0.39, 0.29) is 5.92 Å². The predicted octanol–water partition coefficient (Wildman–Crippen LogP) is 2.28. The molecule has 0 bridgehead atoms. The van der Waals surface area contributed by atoms with Crippen LogP contribution in [0.2, 0.25) is 0 Å². The van der Waals surface area contributed by atoms with Crippen molar-refractivity contribution in [2.24, 2.45) is 5.92 Å². The minimum Gasteiger partial charge on any atom is -0.390 e. The summed E-state index contributed by atoms with van der Waals surface area (Å²) in [5, 5.41) is 9.65. The van der Waals surface area contributed by atoms with E-state index >= 15 is 0 Å². The van der Waals surface area contributed by atoms with Crippen LogP contribution in [-0.2, 0) is 0 Å². The van der Waals surface area contributed by atoms with Crippen molar-refractivity contribution in [3.05, 3.63) is 23.8 Å². The van der Waals surface area contributed by atoms with E-state index in [4.69, 9.17) is 0 Å². The fourth-order valence-electron chi connectivity index (χ4n) is 1.25. The van der Waals surface area contributed by atoms with Crippen molar-refractivity contribution in [2.45, 2.75) is 32.8 Å². The Hall–Kier alpha value is -0.560. The van der Waals surface area contributed by atoms with E-state index in [1.807, 2.05) is 13.8 Å². The molecule has 0 fully saturated rings. The summed E-state index contributed by atoms with van der Waals surface area (Å²) in [6.45, 7) is 5.80. The van der Waals surface area contributed by atoms with Crippen molar-refractivity contribution in [1.29, 1.82) is 0 Å². The van der Waals surface area contributed by atoms with Crippen LogP contribution in [0.15, 0.2) is 23.8 Å². The van der Waals surface area contributed by atoms with Gasteiger partial charge in [0, 0.05) is 5.92 Å². The Labute approximate surface area is 68.4 Å².